The van der Waals surface area contributed by atoms with E-state index in [0.29, 0.717) is 31.7 Å². The van der Waals surface area contributed by atoms with Crippen molar-refractivity contribution >= 4 is 29.0 Å². The van der Waals surface area contributed by atoms with Crippen LogP contribution in [0, 0.1) is 6.92 Å². The summed E-state index contributed by atoms with van der Waals surface area (Å²) in [6.45, 7) is 4.31. The van der Waals surface area contributed by atoms with Gasteiger partial charge in [0, 0.05) is 48.4 Å². The number of rotatable bonds is 3. The van der Waals surface area contributed by atoms with Crippen molar-refractivity contribution < 1.29 is 9.59 Å². The summed E-state index contributed by atoms with van der Waals surface area (Å²) in [6.07, 6.45) is 0.758. The number of carbonyl (C=O) groups excluding carboxylic acids is 2. The van der Waals surface area contributed by atoms with Gasteiger partial charge in [0.15, 0.2) is 0 Å². The number of aromatic nitrogens is 1. The van der Waals surface area contributed by atoms with E-state index in [4.69, 9.17) is 0 Å². The lowest BCUT2D eigenvalue weighted by atomic mass is 10.1. The van der Waals surface area contributed by atoms with Gasteiger partial charge >= 0.3 is 6.03 Å². The maximum atomic E-state index is 12.7. The standard InChI is InChI=1S/C23H24N4O2S/c1-17-24-21(16-30-17)18-8-10-20(11-9-18)25-23(29)27-13-5-12-26(14-15-27)22(28)19-6-3-2-4-7-19/h2-4,6-11,16H,5,12-15H2,1H3,(H,25,29). The van der Waals surface area contributed by atoms with Crippen molar-refractivity contribution in [3.8, 4) is 11.3 Å². The summed E-state index contributed by atoms with van der Waals surface area (Å²) in [6, 6.07) is 16.9. The fourth-order valence-corrected chi connectivity index (χ4v) is 4.13. The molecule has 3 amide bonds. The van der Waals surface area contributed by atoms with Gasteiger partial charge in [0.2, 0.25) is 0 Å². The van der Waals surface area contributed by atoms with Crippen molar-refractivity contribution in [2.75, 3.05) is 31.5 Å². The van der Waals surface area contributed by atoms with Gasteiger partial charge < -0.3 is 15.1 Å². The van der Waals surface area contributed by atoms with E-state index in [2.05, 4.69) is 10.3 Å². The summed E-state index contributed by atoms with van der Waals surface area (Å²) in [5.41, 5.74) is 3.41. The van der Waals surface area contributed by atoms with Gasteiger partial charge in [-0.15, -0.1) is 11.3 Å². The predicted octanol–water partition coefficient (Wildman–Crippen LogP) is 4.50. The van der Waals surface area contributed by atoms with Crippen LogP contribution in [0.15, 0.2) is 60.0 Å². The SMILES string of the molecule is Cc1nc(-c2ccc(NC(=O)N3CCCN(C(=O)c4ccccc4)CC3)cc2)cs1. The highest BCUT2D eigenvalue weighted by Gasteiger charge is 2.22. The summed E-state index contributed by atoms with van der Waals surface area (Å²) in [7, 11) is 0. The Kier molecular flexibility index (Phi) is 6.09. The number of aryl methyl sites for hydroxylation is 1. The number of anilines is 1. The van der Waals surface area contributed by atoms with Gasteiger partial charge in [0.1, 0.15) is 0 Å². The lowest BCUT2D eigenvalue weighted by molar-refractivity contribution is 0.0762. The largest absolute Gasteiger partial charge is 0.337 e. The molecule has 3 aromatic rings. The second kappa shape index (κ2) is 9.09. The fraction of sp³-hybridized carbons (Fsp3) is 0.261. The summed E-state index contributed by atoms with van der Waals surface area (Å²) in [5.74, 6) is 0.0192. The summed E-state index contributed by atoms with van der Waals surface area (Å²) < 4.78 is 0. The number of nitrogens with one attached hydrogen (secondary N) is 1. The average Bonchev–Trinajstić information content (AvgIpc) is 3.06. The van der Waals surface area contributed by atoms with Crippen LogP contribution in [0.25, 0.3) is 11.3 Å². The third-order valence-electron chi connectivity index (χ3n) is 5.14. The molecule has 0 aliphatic carbocycles. The zero-order valence-electron chi connectivity index (χ0n) is 16.9. The van der Waals surface area contributed by atoms with Crippen LogP contribution in [-0.4, -0.2) is 52.9 Å². The molecule has 1 saturated heterocycles. The first kappa shape index (κ1) is 20.1. The third-order valence-corrected chi connectivity index (χ3v) is 5.92. The number of thiazole rings is 1. The van der Waals surface area contributed by atoms with Crippen LogP contribution in [-0.2, 0) is 0 Å². The molecule has 6 nitrogen and oxygen atoms in total. The molecule has 0 atom stereocenters. The molecule has 0 unspecified atom stereocenters. The molecule has 1 aromatic heterocycles. The van der Waals surface area contributed by atoms with Crippen LogP contribution in [0.3, 0.4) is 0 Å². The minimum atomic E-state index is -0.138. The second-order valence-electron chi connectivity index (χ2n) is 7.26. The molecule has 1 fully saturated rings. The zero-order chi connectivity index (χ0) is 20.9. The van der Waals surface area contributed by atoms with Crippen LogP contribution in [0.5, 0.6) is 0 Å². The van der Waals surface area contributed by atoms with Crippen LogP contribution in [0.1, 0.15) is 21.8 Å². The molecule has 0 bridgehead atoms. The molecular weight excluding hydrogens is 396 g/mol. The van der Waals surface area contributed by atoms with Crippen molar-refractivity contribution in [1.82, 2.24) is 14.8 Å². The van der Waals surface area contributed by atoms with Crippen molar-refractivity contribution in [1.29, 1.82) is 0 Å². The van der Waals surface area contributed by atoms with E-state index in [1.807, 2.05) is 71.8 Å². The van der Waals surface area contributed by atoms with Gasteiger partial charge in [-0.2, -0.15) is 0 Å². The van der Waals surface area contributed by atoms with Gasteiger partial charge in [0.25, 0.3) is 5.91 Å². The molecule has 154 valence electrons. The Bertz CT molecular complexity index is 1020. The van der Waals surface area contributed by atoms with Crippen LogP contribution >= 0.6 is 11.3 Å². The van der Waals surface area contributed by atoms with E-state index < -0.39 is 0 Å². The Hall–Kier alpha value is -3.19. The molecule has 1 N–H and O–H groups in total. The molecule has 30 heavy (non-hydrogen) atoms. The first-order valence-corrected chi connectivity index (χ1v) is 10.9. The topological polar surface area (TPSA) is 65.5 Å². The Labute approximate surface area is 180 Å². The minimum absolute atomic E-state index is 0.0192. The highest BCUT2D eigenvalue weighted by molar-refractivity contribution is 7.09. The molecule has 2 aromatic carbocycles. The van der Waals surface area contributed by atoms with Gasteiger partial charge in [-0.05, 0) is 37.6 Å². The maximum Gasteiger partial charge on any atom is 0.321 e. The van der Waals surface area contributed by atoms with E-state index in [9.17, 15) is 9.59 Å². The van der Waals surface area contributed by atoms with E-state index in [1.54, 1.807) is 16.2 Å². The number of amides is 3. The normalized spacial score (nSPS) is 14.3. The molecule has 0 saturated carbocycles. The monoisotopic (exact) mass is 420 g/mol. The Balaban J connectivity index is 1.34. The first-order valence-electron chi connectivity index (χ1n) is 10.0. The van der Waals surface area contributed by atoms with Gasteiger partial charge in [0.05, 0.1) is 10.7 Å². The molecule has 4 rings (SSSR count). The highest BCUT2D eigenvalue weighted by Crippen LogP contribution is 2.23. The number of benzene rings is 2. The predicted molar refractivity (Wildman–Crippen MR) is 120 cm³/mol. The summed E-state index contributed by atoms with van der Waals surface area (Å²) >= 11 is 1.62. The summed E-state index contributed by atoms with van der Waals surface area (Å²) in [4.78, 5) is 33.5. The van der Waals surface area contributed by atoms with Crippen molar-refractivity contribution in [2.24, 2.45) is 0 Å². The molecule has 7 heteroatoms. The van der Waals surface area contributed by atoms with Gasteiger partial charge in [-0.25, -0.2) is 9.78 Å². The second-order valence-corrected chi connectivity index (χ2v) is 8.32. The van der Waals surface area contributed by atoms with E-state index in [-0.39, 0.29) is 11.9 Å². The van der Waals surface area contributed by atoms with Crippen molar-refractivity contribution in [3.05, 3.63) is 70.5 Å². The smallest absolute Gasteiger partial charge is 0.321 e. The molecule has 1 aliphatic heterocycles. The van der Waals surface area contributed by atoms with E-state index in [0.717, 1.165) is 28.4 Å². The number of nitrogens with zero attached hydrogens (tertiary/aromatic N) is 3. The Morgan fingerprint density at radius 2 is 1.63 bits per heavy atom. The molecule has 0 spiro atoms. The lowest BCUT2D eigenvalue weighted by Crippen LogP contribution is -2.39. The Morgan fingerprint density at radius 3 is 2.33 bits per heavy atom. The van der Waals surface area contributed by atoms with Crippen LogP contribution in [0.2, 0.25) is 0 Å². The number of carbonyl (C=O) groups is 2. The maximum absolute atomic E-state index is 12.7. The first-order chi connectivity index (χ1) is 14.6. The molecular formula is C23H24N4O2S. The number of urea groups is 1. The van der Waals surface area contributed by atoms with Crippen molar-refractivity contribution in [2.45, 2.75) is 13.3 Å². The van der Waals surface area contributed by atoms with Gasteiger partial charge in [-0.1, -0.05) is 30.3 Å². The third kappa shape index (κ3) is 4.68. The highest BCUT2D eigenvalue weighted by atomic mass is 32.1. The van der Waals surface area contributed by atoms with Crippen LogP contribution in [0.4, 0.5) is 10.5 Å². The summed E-state index contributed by atoms with van der Waals surface area (Å²) in [5, 5.41) is 6.03. The average molecular weight is 421 g/mol. The number of hydrogen-bond donors (Lipinski definition) is 1. The lowest BCUT2D eigenvalue weighted by Gasteiger charge is -2.22. The number of hydrogen-bond acceptors (Lipinski definition) is 4. The minimum Gasteiger partial charge on any atom is -0.337 e. The van der Waals surface area contributed by atoms with Crippen LogP contribution < -0.4 is 5.32 Å². The van der Waals surface area contributed by atoms with Crippen molar-refractivity contribution in [3.63, 3.8) is 0 Å². The van der Waals surface area contributed by atoms with E-state index >= 15 is 0 Å². The zero-order valence-corrected chi connectivity index (χ0v) is 17.7. The molecule has 0 radical (unpaired) electrons. The Morgan fingerprint density at radius 1 is 0.933 bits per heavy atom. The van der Waals surface area contributed by atoms with E-state index in [1.165, 1.54) is 0 Å². The quantitative estimate of drug-likeness (QED) is 0.679. The van der Waals surface area contributed by atoms with Gasteiger partial charge in [-0.3, -0.25) is 4.79 Å². The molecule has 2 heterocycles. The fourth-order valence-electron chi connectivity index (χ4n) is 3.51. The molecule has 1 aliphatic rings.